The first-order valence-electron chi connectivity index (χ1n) is 26.0. The SMILES string of the molecule is CCOC(=O)c1ccc(NC(=O)Nc2ccc(C(=O)Nc3ccc(C)c(Nc4nc(-c5cccnc5)cs4)c3)cc2)cc1-c1cncc(-c2csc(Nc3cc(NC(=O)c4ccc(NC(=O)Nc5ccc(C(F)(F)F)cc5)cc4)ccc3C)n2)c1. The van der Waals surface area contributed by atoms with Crippen molar-refractivity contribution in [2.24, 2.45) is 0 Å². The number of amides is 6. The summed E-state index contributed by atoms with van der Waals surface area (Å²) < 4.78 is 44.1. The van der Waals surface area contributed by atoms with E-state index in [2.05, 4.69) is 57.5 Å². The third-order valence-electron chi connectivity index (χ3n) is 12.8. The van der Waals surface area contributed by atoms with Gasteiger partial charge in [-0.1, -0.05) is 12.1 Å². The van der Waals surface area contributed by atoms with Crippen LogP contribution in [0, 0.1) is 13.8 Å². The second kappa shape index (κ2) is 25.6. The highest BCUT2D eigenvalue weighted by Crippen LogP contribution is 2.35. The number of hydrogen-bond donors (Lipinski definition) is 8. The molecule has 0 radical (unpaired) electrons. The number of ether oxygens (including phenoxy) is 1. The topological polar surface area (TPSA) is 242 Å². The molecule has 0 saturated carbocycles. The molecule has 0 unspecified atom stereocenters. The number of benzene rings is 6. The van der Waals surface area contributed by atoms with Crippen LogP contribution in [0.5, 0.6) is 0 Å². The van der Waals surface area contributed by atoms with E-state index in [1.807, 2.05) is 67.1 Å². The van der Waals surface area contributed by atoms with Crippen molar-refractivity contribution in [1.82, 2.24) is 19.9 Å². The number of carbonyl (C=O) groups is 5. The van der Waals surface area contributed by atoms with Crippen molar-refractivity contribution in [3.05, 3.63) is 215 Å². The average Bonchev–Trinajstić information content (AvgIpc) is 4.41. The Morgan fingerprint density at radius 3 is 1.47 bits per heavy atom. The van der Waals surface area contributed by atoms with E-state index < -0.39 is 35.7 Å². The standard InChI is InChI=1S/C62H49F3N12O6S2/c1-4-83-57(80)49-24-23-46(73-59(82)71-44-19-11-38(12-20-44)56(79)68-47-15-7-35(2)51(28-47)74-60-76-53(33-84-60)39-6-5-25-66-30-39)27-50(49)40-26-41(32-67-31-40)54-34-85-61(77-54)75-52-29-48(16-8-36(52)3)69-55(78)37-9-17-43(18-10-37)70-58(81)72-45-21-13-42(14-22-45)62(63,64)65/h5-34H,4H2,1-3H3,(H,68,79)(H,69,78)(H,74,76)(H,75,77)(H2,70,72,81)(H2,71,73,82). The molecule has 85 heavy (non-hydrogen) atoms. The van der Waals surface area contributed by atoms with Crippen LogP contribution in [-0.4, -0.2) is 56.4 Å². The van der Waals surface area contributed by atoms with E-state index in [0.717, 1.165) is 52.3 Å². The van der Waals surface area contributed by atoms with Gasteiger partial charge in [-0.2, -0.15) is 13.2 Å². The third kappa shape index (κ3) is 14.7. The number of aryl methyl sites for hydroxylation is 2. The van der Waals surface area contributed by atoms with Crippen molar-refractivity contribution in [2.45, 2.75) is 26.9 Å². The van der Waals surface area contributed by atoms with E-state index in [9.17, 15) is 37.1 Å². The number of anilines is 10. The van der Waals surface area contributed by atoms with Crippen molar-refractivity contribution in [2.75, 3.05) is 49.1 Å². The molecule has 0 aliphatic carbocycles. The third-order valence-corrected chi connectivity index (χ3v) is 14.4. The predicted molar refractivity (Wildman–Crippen MR) is 327 cm³/mol. The van der Waals surface area contributed by atoms with E-state index in [4.69, 9.17) is 9.72 Å². The summed E-state index contributed by atoms with van der Waals surface area (Å²) in [7, 11) is 0. The second-order valence-electron chi connectivity index (χ2n) is 18.9. The zero-order chi connectivity index (χ0) is 59.6. The van der Waals surface area contributed by atoms with Crippen molar-refractivity contribution in [3.8, 4) is 33.6 Å². The number of hydrogen-bond acceptors (Lipinski definition) is 14. The molecule has 0 spiro atoms. The van der Waals surface area contributed by atoms with Gasteiger partial charge in [0.1, 0.15) is 0 Å². The van der Waals surface area contributed by atoms with Crippen LogP contribution in [-0.2, 0) is 10.9 Å². The molecule has 8 N–H and O–H groups in total. The predicted octanol–water partition coefficient (Wildman–Crippen LogP) is 15.5. The fraction of sp³-hybridized carbons (Fsp3) is 0.0806. The molecule has 0 atom stereocenters. The largest absolute Gasteiger partial charge is 0.462 e. The Hall–Kier alpha value is -10.8. The molecular formula is C62H49F3N12O6S2. The lowest BCUT2D eigenvalue weighted by Gasteiger charge is -2.14. The van der Waals surface area contributed by atoms with Gasteiger partial charge in [0, 0.05) is 109 Å². The van der Waals surface area contributed by atoms with Gasteiger partial charge >= 0.3 is 24.2 Å². The van der Waals surface area contributed by atoms with Crippen LogP contribution in [0.1, 0.15) is 54.7 Å². The molecule has 0 bridgehead atoms. The van der Waals surface area contributed by atoms with E-state index >= 15 is 0 Å². The van der Waals surface area contributed by atoms with E-state index in [1.54, 1.807) is 86.3 Å². The molecule has 0 aliphatic heterocycles. The Bertz CT molecular complexity index is 4110. The Morgan fingerprint density at radius 1 is 0.506 bits per heavy atom. The minimum Gasteiger partial charge on any atom is -0.462 e. The van der Waals surface area contributed by atoms with Gasteiger partial charge in [-0.15, -0.1) is 22.7 Å². The van der Waals surface area contributed by atoms with Gasteiger partial charge in [-0.3, -0.25) is 19.6 Å². The maximum atomic E-state index is 13.4. The number of esters is 1. The Balaban J connectivity index is 0.749. The lowest BCUT2D eigenvalue weighted by molar-refractivity contribution is -0.137. The summed E-state index contributed by atoms with van der Waals surface area (Å²) in [5.41, 5.74) is 9.59. The summed E-state index contributed by atoms with van der Waals surface area (Å²) in [6, 6.07) is 36.6. The average molecular weight is 1180 g/mol. The number of thiazole rings is 2. The lowest BCUT2D eigenvalue weighted by Crippen LogP contribution is -2.20. The van der Waals surface area contributed by atoms with Crippen LogP contribution in [0.4, 0.5) is 78.5 Å². The zero-order valence-electron chi connectivity index (χ0n) is 45.2. The highest BCUT2D eigenvalue weighted by Gasteiger charge is 2.30. The molecule has 0 fully saturated rings. The normalized spacial score (nSPS) is 11.0. The Morgan fingerprint density at radius 2 is 0.965 bits per heavy atom. The zero-order valence-corrected chi connectivity index (χ0v) is 46.8. The molecule has 10 aromatic rings. The summed E-state index contributed by atoms with van der Waals surface area (Å²) in [5, 5.41) is 28.2. The Labute approximate surface area is 492 Å². The summed E-state index contributed by atoms with van der Waals surface area (Å²) >= 11 is 2.79. The van der Waals surface area contributed by atoms with Gasteiger partial charge in [-0.05, 0) is 171 Å². The molecule has 0 saturated heterocycles. The number of nitrogens with one attached hydrogen (secondary N) is 8. The van der Waals surface area contributed by atoms with Gasteiger partial charge < -0.3 is 47.3 Å². The maximum absolute atomic E-state index is 13.4. The molecule has 4 aromatic heterocycles. The monoisotopic (exact) mass is 1180 g/mol. The van der Waals surface area contributed by atoms with Crippen molar-refractivity contribution >= 4 is 108 Å². The van der Waals surface area contributed by atoms with Gasteiger partial charge in [0.05, 0.1) is 29.1 Å². The fourth-order valence-corrected chi connectivity index (χ4v) is 9.93. The van der Waals surface area contributed by atoms with Crippen LogP contribution in [0.15, 0.2) is 181 Å². The summed E-state index contributed by atoms with van der Waals surface area (Å²) in [5.74, 6) is -1.34. The van der Waals surface area contributed by atoms with Crippen LogP contribution in [0.3, 0.4) is 0 Å². The molecule has 10 rings (SSSR count). The van der Waals surface area contributed by atoms with Gasteiger partial charge in [0.15, 0.2) is 10.3 Å². The first kappa shape index (κ1) is 57.5. The van der Waals surface area contributed by atoms with E-state index in [-0.39, 0.29) is 23.8 Å². The minimum atomic E-state index is -4.50. The molecular weight excluding hydrogens is 1130 g/mol. The number of rotatable bonds is 17. The van der Waals surface area contributed by atoms with Gasteiger partial charge in [0.2, 0.25) is 0 Å². The van der Waals surface area contributed by atoms with Crippen LogP contribution in [0.2, 0.25) is 0 Å². The van der Waals surface area contributed by atoms with Crippen molar-refractivity contribution in [3.63, 3.8) is 0 Å². The second-order valence-corrected chi connectivity index (χ2v) is 20.6. The number of urea groups is 2. The Kier molecular flexibility index (Phi) is 17.3. The van der Waals surface area contributed by atoms with E-state index in [1.165, 1.54) is 46.9 Å². The maximum Gasteiger partial charge on any atom is 0.416 e. The number of alkyl halides is 3. The van der Waals surface area contributed by atoms with Crippen molar-refractivity contribution in [1.29, 1.82) is 0 Å². The molecule has 0 aliphatic rings. The van der Waals surface area contributed by atoms with Gasteiger partial charge in [-0.25, -0.2) is 24.4 Å². The molecule has 18 nitrogen and oxygen atoms in total. The number of nitrogens with zero attached hydrogens (tertiary/aromatic N) is 4. The van der Waals surface area contributed by atoms with Crippen LogP contribution >= 0.6 is 22.7 Å². The van der Waals surface area contributed by atoms with Crippen molar-refractivity contribution < 1.29 is 41.9 Å². The highest BCUT2D eigenvalue weighted by molar-refractivity contribution is 7.14. The number of halogens is 3. The number of pyridine rings is 2. The molecule has 426 valence electrons. The smallest absolute Gasteiger partial charge is 0.416 e. The number of aromatic nitrogens is 4. The molecule has 6 amide bonds. The summed E-state index contributed by atoms with van der Waals surface area (Å²) in [4.78, 5) is 84.1. The fourth-order valence-electron chi connectivity index (χ4n) is 8.46. The molecule has 23 heteroatoms. The van der Waals surface area contributed by atoms with Crippen LogP contribution < -0.4 is 42.5 Å². The first-order valence-corrected chi connectivity index (χ1v) is 27.8. The van der Waals surface area contributed by atoms with Gasteiger partial charge in [0.25, 0.3) is 11.8 Å². The van der Waals surface area contributed by atoms with Crippen LogP contribution in [0.25, 0.3) is 33.6 Å². The quantitative estimate of drug-likeness (QED) is 0.0397. The summed E-state index contributed by atoms with van der Waals surface area (Å²) in [6.45, 7) is 5.69. The number of carbonyl (C=O) groups excluding carboxylic acids is 5. The first-order chi connectivity index (χ1) is 41.0. The highest BCUT2D eigenvalue weighted by atomic mass is 32.1. The molecule has 6 aromatic carbocycles. The van der Waals surface area contributed by atoms with E-state index in [0.29, 0.717) is 77.9 Å². The summed E-state index contributed by atoms with van der Waals surface area (Å²) in [6.07, 6.45) is 2.20. The molecule has 4 heterocycles. The lowest BCUT2D eigenvalue weighted by atomic mass is 9.98. The minimum absolute atomic E-state index is 0.132.